The van der Waals surface area contributed by atoms with Crippen molar-refractivity contribution in [2.45, 2.75) is 27.7 Å². The van der Waals surface area contributed by atoms with Crippen LogP contribution >= 0.6 is 15.9 Å². The molecule has 0 saturated carbocycles. The minimum absolute atomic E-state index is 0.00354. The number of nitrogens with one attached hydrogen (secondary N) is 1. The van der Waals surface area contributed by atoms with Crippen molar-refractivity contribution in [3.05, 3.63) is 68.4 Å². The number of non-ortho nitro benzene ring substituents is 1. The van der Waals surface area contributed by atoms with Crippen molar-refractivity contribution >= 4 is 61.0 Å². The number of nitrogens with zero attached hydrogens (tertiary/aromatic N) is 3. The third kappa shape index (κ3) is 6.54. The van der Waals surface area contributed by atoms with Crippen molar-refractivity contribution in [1.29, 1.82) is 0 Å². The van der Waals surface area contributed by atoms with Crippen LogP contribution < -0.4 is 14.8 Å². The molecular formula is C29H29BrN4O7. The predicted octanol–water partition coefficient (Wildman–Crippen LogP) is 6.56. The van der Waals surface area contributed by atoms with Gasteiger partial charge in [-0.1, -0.05) is 33.8 Å². The highest BCUT2D eigenvalue weighted by Crippen LogP contribution is 2.37. The highest BCUT2D eigenvalue weighted by atomic mass is 79.9. The minimum Gasteiger partial charge on any atom is -0.493 e. The molecule has 2 aromatic carbocycles. The fraction of sp³-hybridized carbons (Fsp3) is 0.310. The van der Waals surface area contributed by atoms with E-state index in [1.807, 2.05) is 27.7 Å². The van der Waals surface area contributed by atoms with Gasteiger partial charge in [0.2, 0.25) is 0 Å². The summed E-state index contributed by atoms with van der Waals surface area (Å²) in [6.45, 7) is 8.62. The largest absolute Gasteiger partial charge is 0.493 e. The molecule has 2 aromatic heterocycles. The van der Waals surface area contributed by atoms with E-state index in [0.29, 0.717) is 40.0 Å². The summed E-state index contributed by atoms with van der Waals surface area (Å²) in [7, 11) is 1.25. The molecule has 4 aromatic rings. The molecule has 0 unspecified atom stereocenters. The lowest BCUT2D eigenvalue weighted by Gasteiger charge is -2.16. The second-order valence-corrected chi connectivity index (χ2v) is 11.0. The van der Waals surface area contributed by atoms with Gasteiger partial charge in [-0.05, 0) is 46.0 Å². The number of ether oxygens (including phenoxy) is 3. The SMILES string of the molecule is COC(=O)c1cc(OCC(C)C)c2c(Br)ccc(NC(=O)c3cc(OCC(C)C)c4cccc([N+](=O)[O-])c4n3)c2n1. The highest BCUT2D eigenvalue weighted by Gasteiger charge is 2.23. The fourth-order valence-corrected chi connectivity index (χ4v) is 4.49. The molecule has 0 aliphatic carbocycles. The standard InChI is InChI=1S/C29H29BrN4O7/c1-15(2)13-40-23-11-20(31-26-17(23)7-6-8-22(26)34(37)38)28(35)33-19-10-9-18(30)25-24(41-14-16(3)4)12-21(29(36)39-5)32-27(19)25/h6-12,15-16H,13-14H2,1-5H3,(H,33,35). The van der Waals surface area contributed by atoms with Crippen LogP contribution in [0.4, 0.5) is 11.4 Å². The third-order valence-corrected chi connectivity index (χ3v) is 6.53. The van der Waals surface area contributed by atoms with Crippen LogP contribution in [-0.2, 0) is 4.74 Å². The van der Waals surface area contributed by atoms with Gasteiger partial charge in [-0.2, -0.15) is 0 Å². The van der Waals surface area contributed by atoms with Crippen LogP contribution in [0.1, 0.15) is 48.7 Å². The number of fused-ring (bicyclic) bond motifs is 2. The molecule has 0 aliphatic heterocycles. The first kappa shape index (κ1) is 29.7. The number of halogens is 1. The van der Waals surface area contributed by atoms with Crippen LogP contribution in [0.2, 0.25) is 0 Å². The lowest BCUT2D eigenvalue weighted by Crippen LogP contribution is -2.16. The molecule has 4 rings (SSSR count). The van der Waals surface area contributed by atoms with Crippen molar-refractivity contribution in [3.8, 4) is 11.5 Å². The summed E-state index contributed by atoms with van der Waals surface area (Å²) in [5.41, 5.74) is 0.218. The van der Waals surface area contributed by atoms with Gasteiger partial charge >= 0.3 is 5.97 Å². The number of methoxy groups -OCH3 is 1. The molecule has 0 aliphatic rings. The second-order valence-electron chi connectivity index (χ2n) is 10.1. The Labute approximate surface area is 244 Å². The van der Waals surface area contributed by atoms with Crippen LogP contribution in [0.3, 0.4) is 0 Å². The van der Waals surface area contributed by atoms with Gasteiger partial charge in [0.15, 0.2) is 11.2 Å². The molecule has 1 N–H and O–H groups in total. The van der Waals surface area contributed by atoms with Gasteiger partial charge in [-0.25, -0.2) is 14.8 Å². The molecule has 0 atom stereocenters. The van der Waals surface area contributed by atoms with Crippen LogP contribution in [0.15, 0.2) is 46.9 Å². The number of esters is 1. The Morgan fingerprint density at radius 1 is 0.951 bits per heavy atom. The number of aromatic nitrogens is 2. The van der Waals surface area contributed by atoms with E-state index in [9.17, 15) is 19.7 Å². The summed E-state index contributed by atoms with van der Waals surface area (Å²) in [6, 6.07) is 10.8. The number of amides is 1. The molecule has 0 radical (unpaired) electrons. The topological polar surface area (TPSA) is 143 Å². The van der Waals surface area contributed by atoms with Gasteiger partial charge in [-0.3, -0.25) is 14.9 Å². The molecule has 41 heavy (non-hydrogen) atoms. The zero-order valence-electron chi connectivity index (χ0n) is 23.2. The van der Waals surface area contributed by atoms with Gasteiger partial charge in [0, 0.05) is 28.1 Å². The molecule has 0 spiro atoms. The minimum atomic E-state index is -0.672. The summed E-state index contributed by atoms with van der Waals surface area (Å²) in [5.74, 6) is -0.265. The molecule has 2 heterocycles. The lowest BCUT2D eigenvalue weighted by molar-refractivity contribution is -0.383. The normalized spacial score (nSPS) is 11.2. The first-order valence-electron chi connectivity index (χ1n) is 12.9. The van der Waals surface area contributed by atoms with Crippen molar-refractivity contribution in [3.63, 3.8) is 0 Å². The van der Waals surface area contributed by atoms with Crippen LogP contribution in [0.5, 0.6) is 11.5 Å². The molecule has 1 amide bonds. The Hall–Kier alpha value is -4.32. The summed E-state index contributed by atoms with van der Waals surface area (Å²) < 4.78 is 17.4. The molecule has 12 heteroatoms. The Balaban J connectivity index is 1.84. The number of pyridine rings is 2. The summed E-state index contributed by atoms with van der Waals surface area (Å²) in [4.78, 5) is 46.0. The van der Waals surface area contributed by atoms with E-state index in [-0.39, 0.29) is 45.6 Å². The molecule has 11 nitrogen and oxygen atoms in total. The number of hydrogen-bond acceptors (Lipinski definition) is 9. The number of para-hydroxylation sites is 1. The second kappa shape index (κ2) is 12.5. The fourth-order valence-electron chi connectivity index (χ4n) is 3.97. The average molecular weight is 625 g/mol. The van der Waals surface area contributed by atoms with E-state index in [2.05, 4.69) is 31.2 Å². The van der Waals surface area contributed by atoms with E-state index < -0.39 is 16.8 Å². The Morgan fingerprint density at radius 2 is 1.59 bits per heavy atom. The van der Waals surface area contributed by atoms with E-state index in [4.69, 9.17) is 14.2 Å². The van der Waals surface area contributed by atoms with Crippen molar-refractivity contribution in [1.82, 2.24) is 9.97 Å². The number of hydrogen-bond donors (Lipinski definition) is 1. The smallest absolute Gasteiger partial charge is 0.356 e. The van der Waals surface area contributed by atoms with Crippen molar-refractivity contribution in [2.24, 2.45) is 11.8 Å². The van der Waals surface area contributed by atoms with Gasteiger partial charge in [0.25, 0.3) is 11.6 Å². The van der Waals surface area contributed by atoms with Gasteiger partial charge in [-0.15, -0.1) is 0 Å². The van der Waals surface area contributed by atoms with Crippen LogP contribution in [-0.4, -0.2) is 47.1 Å². The number of carbonyl (C=O) groups is 2. The molecule has 214 valence electrons. The Bertz CT molecular complexity index is 1660. The number of nitro groups is 1. The number of rotatable bonds is 10. The lowest BCUT2D eigenvalue weighted by atomic mass is 10.1. The highest BCUT2D eigenvalue weighted by molar-refractivity contribution is 9.10. The maximum absolute atomic E-state index is 13.6. The summed E-state index contributed by atoms with van der Waals surface area (Å²) in [5, 5.41) is 15.5. The molecule has 0 bridgehead atoms. The Morgan fingerprint density at radius 3 is 2.22 bits per heavy atom. The van der Waals surface area contributed by atoms with Gasteiger partial charge < -0.3 is 19.5 Å². The number of carbonyl (C=O) groups excluding carboxylic acids is 2. The first-order valence-corrected chi connectivity index (χ1v) is 13.7. The molecule has 0 saturated heterocycles. The van der Waals surface area contributed by atoms with Crippen LogP contribution in [0, 0.1) is 22.0 Å². The van der Waals surface area contributed by atoms with Crippen molar-refractivity contribution in [2.75, 3.05) is 25.6 Å². The zero-order chi connectivity index (χ0) is 29.8. The van der Waals surface area contributed by atoms with E-state index in [0.717, 1.165) is 0 Å². The molecule has 0 fully saturated rings. The number of nitro benzene ring substituents is 1. The summed E-state index contributed by atoms with van der Waals surface area (Å²) in [6.07, 6.45) is 0. The Kier molecular flexibility index (Phi) is 9.01. The first-order chi connectivity index (χ1) is 19.5. The predicted molar refractivity (Wildman–Crippen MR) is 158 cm³/mol. The average Bonchev–Trinajstić information content (AvgIpc) is 2.94. The number of anilines is 1. The summed E-state index contributed by atoms with van der Waals surface area (Å²) >= 11 is 3.52. The zero-order valence-corrected chi connectivity index (χ0v) is 24.8. The van der Waals surface area contributed by atoms with Gasteiger partial charge in [0.1, 0.15) is 17.2 Å². The van der Waals surface area contributed by atoms with E-state index >= 15 is 0 Å². The van der Waals surface area contributed by atoms with Gasteiger partial charge in [0.05, 0.1) is 41.8 Å². The quantitative estimate of drug-likeness (QED) is 0.118. The van der Waals surface area contributed by atoms with E-state index in [1.54, 1.807) is 24.3 Å². The van der Waals surface area contributed by atoms with Crippen LogP contribution in [0.25, 0.3) is 21.8 Å². The van der Waals surface area contributed by atoms with E-state index in [1.165, 1.54) is 25.3 Å². The molecular weight excluding hydrogens is 596 g/mol. The maximum Gasteiger partial charge on any atom is 0.356 e. The third-order valence-electron chi connectivity index (χ3n) is 5.87. The number of benzene rings is 2. The van der Waals surface area contributed by atoms with Crippen molar-refractivity contribution < 1.29 is 28.7 Å². The monoisotopic (exact) mass is 624 g/mol. The maximum atomic E-state index is 13.6.